The van der Waals surface area contributed by atoms with Crippen LogP contribution in [0, 0.1) is 0 Å². The van der Waals surface area contributed by atoms with E-state index in [9.17, 15) is 13.0 Å². The molecule has 0 aliphatic heterocycles. The first-order valence-electron chi connectivity index (χ1n) is 5.57. The first-order chi connectivity index (χ1) is 6.98. The van der Waals surface area contributed by atoms with E-state index in [-0.39, 0.29) is 29.6 Å². The molecular weight excluding hydrogens is 303 g/mol. The van der Waals surface area contributed by atoms with Gasteiger partial charge >= 0.3 is 29.6 Å². The summed E-state index contributed by atoms with van der Waals surface area (Å²) in [5.41, 5.74) is 0. The van der Waals surface area contributed by atoms with Gasteiger partial charge in [-0.2, -0.15) is 0 Å². The van der Waals surface area contributed by atoms with E-state index in [1.54, 1.807) is 0 Å². The maximum absolute atomic E-state index is 10.5. The van der Waals surface area contributed by atoms with Gasteiger partial charge in [0.05, 0.1) is 0 Å². The average molecular weight is 323 g/mol. The van der Waals surface area contributed by atoms with Crippen LogP contribution in [-0.4, -0.2) is 17.1 Å². The quantitative estimate of drug-likeness (QED) is 0.267. The number of unbranched alkanes of at least 4 members (excludes halogenated alkanes) is 6. The van der Waals surface area contributed by atoms with Crippen molar-refractivity contribution in [2.24, 2.45) is 0 Å². The van der Waals surface area contributed by atoms with Gasteiger partial charge < -0.3 is 4.55 Å². The molecule has 1 unspecified atom stereocenters. The minimum atomic E-state index is -4.14. The number of hydrogen-bond donors (Lipinski definition) is 0. The molecule has 0 aliphatic rings. The van der Waals surface area contributed by atoms with Gasteiger partial charge in [0, 0.05) is 0 Å². The Morgan fingerprint density at radius 1 is 1.06 bits per heavy atom. The zero-order valence-corrected chi connectivity index (χ0v) is 14.6. The molecule has 3 nitrogen and oxygen atoms in total. The first-order valence-corrected chi connectivity index (χ1v) is 7.96. The van der Waals surface area contributed by atoms with Crippen molar-refractivity contribution in [1.29, 1.82) is 0 Å². The van der Waals surface area contributed by atoms with Crippen LogP contribution in [0.1, 0.15) is 58.3 Å². The van der Waals surface area contributed by atoms with Gasteiger partial charge in [0.25, 0.3) is 0 Å². The van der Waals surface area contributed by atoms with Crippen LogP contribution < -0.4 is 29.6 Å². The van der Waals surface area contributed by atoms with E-state index in [0.29, 0.717) is 6.42 Å². The van der Waals surface area contributed by atoms with Crippen molar-refractivity contribution in [2.45, 2.75) is 62.4 Å². The molecule has 0 spiro atoms. The van der Waals surface area contributed by atoms with Gasteiger partial charge in [0.2, 0.25) is 0 Å². The Balaban J connectivity index is 0. The molecular formula is C10H20BrNaO3S. The molecule has 0 fully saturated rings. The molecule has 0 aromatic rings. The molecule has 0 heterocycles. The van der Waals surface area contributed by atoms with Crippen LogP contribution in [0.25, 0.3) is 0 Å². The van der Waals surface area contributed by atoms with E-state index in [0.717, 1.165) is 19.3 Å². The van der Waals surface area contributed by atoms with Gasteiger partial charge in [-0.15, -0.1) is 0 Å². The maximum atomic E-state index is 10.5. The third kappa shape index (κ3) is 11.9. The largest absolute Gasteiger partial charge is 1.00 e. The smallest absolute Gasteiger partial charge is 0.747 e. The van der Waals surface area contributed by atoms with Crippen molar-refractivity contribution in [2.75, 3.05) is 0 Å². The molecule has 16 heavy (non-hydrogen) atoms. The van der Waals surface area contributed by atoms with Gasteiger partial charge in [-0.1, -0.05) is 67.8 Å². The molecule has 0 N–H and O–H groups in total. The van der Waals surface area contributed by atoms with Crippen LogP contribution >= 0.6 is 15.9 Å². The molecule has 0 amide bonds. The van der Waals surface area contributed by atoms with Crippen LogP contribution in [0.2, 0.25) is 0 Å². The number of halogens is 1. The van der Waals surface area contributed by atoms with Gasteiger partial charge in [0.15, 0.2) is 0 Å². The minimum Gasteiger partial charge on any atom is -0.747 e. The summed E-state index contributed by atoms with van der Waals surface area (Å²) in [5.74, 6) is 0. The van der Waals surface area contributed by atoms with Gasteiger partial charge in [-0.3, -0.25) is 0 Å². The van der Waals surface area contributed by atoms with Gasteiger partial charge in [0.1, 0.15) is 14.3 Å². The van der Waals surface area contributed by atoms with Crippen LogP contribution in [-0.2, 0) is 10.1 Å². The molecule has 0 saturated carbocycles. The number of hydrogen-bond acceptors (Lipinski definition) is 3. The molecule has 0 aromatic carbocycles. The van der Waals surface area contributed by atoms with E-state index >= 15 is 0 Å². The van der Waals surface area contributed by atoms with Gasteiger partial charge in [-0.05, 0) is 6.42 Å². The second kappa shape index (κ2) is 11.5. The third-order valence-electron chi connectivity index (χ3n) is 2.35. The molecule has 0 radical (unpaired) electrons. The molecule has 6 heteroatoms. The maximum Gasteiger partial charge on any atom is 1.00 e. The number of rotatable bonds is 9. The molecule has 0 rings (SSSR count). The second-order valence-electron chi connectivity index (χ2n) is 3.81. The van der Waals surface area contributed by atoms with Gasteiger partial charge in [-0.25, -0.2) is 8.42 Å². The van der Waals surface area contributed by atoms with Crippen molar-refractivity contribution in [3.05, 3.63) is 0 Å². The monoisotopic (exact) mass is 322 g/mol. The SMILES string of the molecule is CCCCCCCCCC(Br)S(=O)(=O)[O-].[Na+]. The van der Waals surface area contributed by atoms with E-state index < -0.39 is 14.3 Å². The molecule has 0 aromatic heterocycles. The van der Waals surface area contributed by atoms with Crippen molar-refractivity contribution >= 4 is 26.0 Å². The summed E-state index contributed by atoms with van der Waals surface area (Å²) in [6.45, 7) is 2.18. The summed E-state index contributed by atoms with van der Waals surface area (Å²) in [4.78, 5) is 0. The van der Waals surface area contributed by atoms with E-state index in [1.807, 2.05) is 0 Å². The zero-order chi connectivity index (χ0) is 11.7. The fourth-order valence-electron chi connectivity index (χ4n) is 1.41. The second-order valence-corrected chi connectivity index (χ2v) is 7.08. The van der Waals surface area contributed by atoms with E-state index in [2.05, 4.69) is 22.9 Å². The first kappa shape index (κ1) is 19.7. The zero-order valence-electron chi connectivity index (χ0n) is 10.2. The summed E-state index contributed by atoms with van der Waals surface area (Å²) in [6, 6.07) is 0. The van der Waals surface area contributed by atoms with Crippen LogP contribution in [0.4, 0.5) is 0 Å². The summed E-state index contributed by atoms with van der Waals surface area (Å²) in [6.07, 6.45) is 8.37. The average Bonchev–Trinajstić information content (AvgIpc) is 2.14. The Kier molecular flexibility index (Phi) is 14.1. The minimum absolute atomic E-state index is 0. The summed E-state index contributed by atoms with van der Waals surface area (Å²) in [7, 11) is -4.14. The van der Waals surface area contributed by atoms with Crippen molar-refractivity contribution in [3.8, 4) is 0 Å². The predicted molar refractivity (Wildman–Crippen MR) is 65.0 cm³/mol. The van der Waals surface area contributed by atoms with E-state index in [1.165, 1.54) is 25.7 Å². The standard InChI is InChI=1S/C10H21BrO3S.Na/c1-2-3-4-5-6-7-8-9-10(11)15(12,13)14;/h10H,2-9H2,1H3,(H,12,13,14);/q;+1/p-1. The molecule has 0 bridgehead atoms. The van der Waals surface area contributed by atoms with Crippen molar-refractivity contribution < 1.29 is 42.5 Å². The van der Waals surface area contributed by atoms with Crippen LogP contribution in [0.5, 0.6) is 0 Å². The molecule has 0 aliphatic carbocycles. The Morgan fingerprint density at radius 3 is 1.94 bits per heavy atom. The Bertz CT molecular complexity index is 244. The summed E-state index contributed by atoms with van der Waals surface area (Å²) >= 11 is 2.89. The third-order valence-corrected chi connectivity index (χ3v) is 5.04. The van der Waals surface area contributed by atoms with E-state index in [4.69, 9.17) is 0 Å². The fourth-order valence-corrected chi connectivity index (χ4v) is 2.19. The Hall–Kier alpha value is 1.39. The molecule has 92 valence electrons. The Morgan fingerprint density at radius 2 is 1.50 bits per heavy atom. The summed E-state index contributed by atoms with van der Waals surface area (Å²) in [5, 5.41) is 0. The predicted octanol–water partition coefficient (Wildman–Crippen LogP) is 0.397. The Labute approximate surface area is 130 Å². The van der Waals surface area contributed by atoms with Crippen molar-refractivity contribution in [1.82, 2.24) is 0 Å². The van der Waals surface area contributed by atoms with Crippen LogP contribution in [0.3, 0.4) is 0 Å². The molecule has 0 saturated heterocycles. The summed E-state index contributed by atoms with van der Waals surface area (Å²) < 4.78 is 30.7. The number of alkyl halides is 1. The molecule has 1 atom stereocenters. The topological polar surface area (TPSA) is 57.2 Å². The normalized spacial score (nSPS) is 13.2. The van der Waals surface area contributed by atoms with Crippen LogP contribution in [0.15, 0.2) is 0 Å². The van der Waals surface area contributed by atoms with Crippen molar-refractivity contribution in [3.63, 3.8) is 0 Å². The fraction of sp³-hybridized carbons (Fsp3) is 1.00.